The fourth-order valence-electron chi connectivity index (χ4n) is 2.69. The van der Waals surface area contributed by atoms with Crippen molar-refractivity contribution in [3.05, 3.63) is 29.3 Å². The van der Waals surface area contributed by atoms with E-state index in [0.717, 1.165) is 42.5 Å². The van der Waals surface area contributed by atoms with Crippen LogP contribution in [-0.4, -0.2) is 12.5 Å². The van der Waals surface area contributed by atoms with Crippen LogP contribution < -0.4 is 11.1 Å². The zero-order valence-corrected chi connectivity index (χ0v) is 12.3. The molecule has 3 N–H and O–H groups in total. The Balaban J connectivity index is 2.10. The fourth-order valence-corrected chi connectivity index (χ4v) is 2.69. The monoisotopic (exact) mass is 270 g/mol. The zero-order valence-electron chi connectivity index (χ0n) is 12.3. The molecule has 0 saturated heterocycles. The quantitative estimate of drug-likeness (QED) is 0.812. The number of nitrogens with one attached hydrogen (secondary N) is 1. The molecule has 106 valence electrons. The molecule has 1 aliphatic rings. The van der Waals surface area contributed by atoms with Gasteiger partial charge in [-0.05, 0) is 43.5 Å². The summed E-state index contributed by atoms with van der Waals surface area (Å²) in [5, 5.41) is 3.04. The summed E-state index contributed by atoms with van der Waals surface area (Å²) in [5.41, 5.74) is 8.03. The Bertz CT molecular complexity index is 560. The normalized spacial score (nSPS) is 16.4. The molecule has 0 spiro atoms. The molecule has 0 aliphatic heterocycles. The number of rotatable bonds is 2. The van der Waals surface area contributed by atoms with Gasteiger partial charge in [-0.15, -0.1) is 0 Å². The van der Waals surface area contributed by atoms with Gasteiger partial charge in [-0.25, -0.2) is 0 Å². The number of benzene rings is 1. The minimum atomic E-state index is -0.202. The summed E-state index contributed by atoms with van der Waals surface area (Å²) in [6.07, 6.45) is 4.27. The third-order valence-corrected chi connectivity index (χ3v) is 4.06. The second-order valence-electron chi connectivity index (χ2n) is 5.76. The van der Waals surface area contributed by atoms with Crippen molar-refractivity contribution in [2.45, 2.75) is 39.5 Å². The minimum absolute atomic E-state index is 0.134. The molecule has 1 fully saturated rings. The van der Waals surface area contributed by atoms with E-state index in [9.17, 15) is 4.79 Å². The fraction of sp³-hybridized carbons (Fsp3) is 0.471. The Morgan fingerprint density at radius 1 is 1.40 bits per heavy atom. The molecule has 0 atom stereocenters. The molecule has 0 heterocycles. The molecule has 0 bridgehead atoms. The molecular formula is C17H22N2O. The lowest BCUT2D eigenvalue weighted by molar-refractivity contribution is -0.124. The molecule has 3 nitrogen and oxygen atoms in total. The summed E-state index contributed by atoms with van der Waals surface area (Å²) in [4.78, 5) is 12.3. The van der Waals surface area contributed by atoms with Crippen molar-refractivity contribution in [1.82, 2.24) is 0 Å². The van der Waals surface area contributed by atoms with Gasteiger partial charge < -0.3 is 11.1 Å². The van der Waals surface area contributed by atoms with E-state index in [1.165, 1.54) is 0 Å². The highest BCUT2D eigenvalue weighted by atomic mass is 16.2. The second-order valence-corrected chi connectivity index (χ2v) is 5.76. The predicted octanol–water partition coefficient (Wildman–Crippen LogP) is 2.82. The summed E-state index contributed by atoms with van der Waals surface area (Å²) in [5.74, 6) is 6.01. The lowest BCUT2D eigenvalue weighted by atomic mass is 9.88. The van der Waals surface area contributed by atoms with E-state index in [0.29, 0.717) is 6.54 Å². The highest BCUT2D eigenvalue weighted by Gasteiger charge is 2.36. The van der Waals surface area contributed by atoms with Crippen molar-refractivity contribution >= 4 is 11.6 Å². The first kappa shape index (κ1) is 14.6. The van der Waals surface area contributed by atoms with Crippen molar-refractivity contribution in [3.63, 3.8) is 0 Å². The maximum atomic E-state index is 12.3. The van der Waals surface area contributed by atoms with Gasteiger partial charge in [0.15, 0.2) is 0 Å². The van der Waals surface area contributed by atoms with Gasteiger partial charge in [0.1, 0.15) is 0 Å². The minimum Gasteiger partial charge on any atom is -0.326 e. The largest absolute Gasteiger partial charge is 0.326 e. The van der Waals surface area contributed by atoms with Crippen molar-refractivity contribution in [2.75, 3.05) is 11.9 Å². The van der Waals surface area contributed by atoms with E-state index in [4.69, 9.17) is 5.73 Å². The van der Waals surface area contributed by atoms with E-state index < -0.39 is 0 Å². The van der Waals surface area contributed by atoms with Crippen LogP contribution in [-0.2, 0) is 4.79 Å². The van der Waals surface area contributed by atoms with Crippen LogP contribution in [0.5, 0.6) is 0 Å². The highest BCUT2D eigenvalue weighted by molar-refractivity contribution is 5.95. The number of carbonyl (C=O) groups excluding carboxylic acids is 1. The Hall–Kier alpha value is -1.79. The molecular weight excluding hydrogens is 248 g/mol. The van der Waals surface area contributed by atoms with Crippen molar-refractivity contribution in [1.29, 1.82) is 0 Å². The number of hydrogen-bond donors (Lipinski definition) is 2. The number of nitrogens with two attached hydrogens (primary N) is 1. The van der Waals surface area contributed by atoms with Crippen LogP contribution >= 0.6 is 0 Å². The summed E-state index contributed by atoms with van der Waals surface area (Å²) in [6.45, 7) is 4.41. The number of hydrogen-bond acceptors (Lipinski definition) is 2. The van der Waals surface area contributed by atoms with Crippen LogP contribution in [0.15, 0.2) is 18.2 Å². The summed E-state index contributed by atoms with van der Waals surface area (Å²) >= 11 is 0. The third-order valence-electron chi connectivity index (χ3n) is 4.06. The lowest BCUT2D eigenvalue weighted by Crippen LogP contribution is -2.30. The molecule has 0 aromatic heterocycles. The van der Waals surface area contributed by atoms with Gasteiger partial charge in [0.2, 0.25) is 5.91 Å². The van der Waals surface area contributed by atoms with Gasteiger partial charge in [0.05, 0.1) is 6.54 Å². The van der Waals surface area contributed by atoms with Gasteiger partial charge in [0.25, 0.3) is 0 Å². The van der Waals surface area contributed by atoms with Gasteiger partial charge >= 0.3 is 0 Å². The zero-order chi connectivity index (χ0) is 14.6. The summed E-state index contributed by atoms with van der Waals surface area (Å²) in [6, 6.07) is 5.81. The first-order valence-electron chi connectivity index (χ1n) is 7.16. The van der Waals surface area contributed by atoms with E-state index in [1.54, 1.807) is 0 Å². The maximum Gasteiger partial charge on any atom is 0.230 e. The van der Waals surface area contributed by atoms with Crippen LogP contribution in [0.3, 0.4) is 0 Å². The first-order valence-corrected chi connectivity index (χ1v) is 7.16. The summed E-state index contributed by atoms with van der Waals surface area (Å²) < 4.78 is 0. The van der Waals surface area contributed by atoms with Gasteiger partial charge in [-0.1, -0.05) is 31.6 Å². The number of aryl methyl sites for hydroxylation is 1. The average molecular weight is 270 g/mol. The van der Waals surface area contributed by atoms with Crippen LogP contribution in [0.4, 0.5) is 5.69 Å². The molecule has 3 heteroatoms. The van der Waals surface area contributed by atoms with Crippen LogP contribution in [0, 0.1) is 24.2 Å². The van der Waals surface area contributed by atoms with E-state index >= 15 is 0 Å². The number of anilines is 1. The van der Waals surface area contributed by atoms with Crippen LogP contribution in [0.2, 0.25) is 0 Å². The van der Waals surface area contributed by atoms with E-state index in [2.05, 4.69) is 24.1 Å². The van der Waals surface area contributed by atoms with Gasteiger partial charge in [-0.2, -0.15) is 0 Å². The average Bonchev–Trinajstić information content (AvgIpc) is 2.86. The van der Waals surface area contributed by atoms with E-state index in [1.807, 2.05) is 25.1 Å². The SMILES string of the molecule is Cc1cc(NC(=O)C2(C)CCCC2)ccc1C#CCN. The Labute approximate surface area is 120 Å². The standard InChI is InChI=1S/C17H22N2O/c1-13-12-15(8-7-14(13)6-5-11-18)19-16(20)17(2)9-3-4-10-17/h7-8,12H,3-4,9-11,18H2,1-2H3,(H,19,20). The molecule has 1 saturated carbocycles. The van der Waals surface area contributed by atoms with Crippen molar-refractivity contribution in [3.8, 4) is 11.8 Å². The van der Waals surface area contributed by atoms with Crippen LogP contribution in [0.25, 0.3) is 0 Å². The molecule has 1 aliphatic carbocycles. The molecule has 1 aromatic rings. The summed E-state index contributed by atoms with van der Waals surface area (Å²) in [7, 11) is 0. The second kappa shape index (κ2) is 6.11. The van der Waals surface area contributed by atoms with Gasteiger partial charge in [-0.3, -0.25) is 4.79 Å². The van der Waals surface area contributed by atoms with Gasteiger partial charge in [0, 0.05) is 16.7 Å². The Kier molecular flexibility index (Phi) is 4.46. The molecule has 20 heavy (non-hydrogen) atoms. The van der Waals surface area contributed by atoms with Crippen LogP contribution in [0.1, 0.15) is 43.7 Å². The van der Waals surface area contributed by atoms with E-state index in [-0.39, 0.29) is 11.3 Å². The van der Waals surface area contributed by atoms with Crippen molar-refractivity contribution < 1.29 is 4.79 Å². The lowest BCUT2D eigenvalue weighted by Gasteiger charge is -2.22. The molecule has 0 unspecified atom stereocenters. The Morgan fingerprint density at radius 3 is 2.70 bits per heavy atom. The predicted molar refractivity (Wildman–Crippen MR) is 82.3 cm³/mol. The molecule has 1 aromatic carbocycles. The number of amides is 1. The maximum absolute atomic E-state index is 12.3. The highest BCUT2D eigenvalue weighted by Crippen LogP contribution is 2.38. The Morgan fingerprint density at radius 2 is 2.10 bits per heavy atom. The molecule has 1 amide bonds. The first-order chi connectivity index (χ1) is 9.55. The molecule has 0 radical (unpaired) electrons. The third kappa shape index (κ3) is 3.20. The number of carbonyl (C=O) groups is 1. The molecule has 2 rings (SSSR count). The van der Waals surface area contributed by atoms with Crippen molar-refractivity contribution in [2.24, 2.45) is 11.1 Å². The topological polar surface area (TPSA) is 55.1 Å². The smallest absolute Gasteiger partial charge is 0.230 e.